The Hall–Kier alpha value is -1.20. The van der Waals surface area contributed by atoms with E-state index in [-0.39, 0.29) is 10.8 Å². The van der Waals surface area contributed by atoms with Crippen molar-refractivity contribution in [1.82, 2.24) is 14.9 Å². The van der Waals surface area contributed by atoms with Gasteiger partial charge in [0.05, 0.1) is 27.4 Å². The van der Waals surface area contributed by atoms with E-state index in [0.717, 1.165) is 16.5 Å². The lowest BCUT2D eigenvalue weighted by molar-refractivity contribution is 0.617. The molecule has 2 aromatic rings. The second kappa shape index (κ2) is 4.82. The first-order valence-electron chi connectivity index (χ1n) is 5.99. The van der Waals surface area contributed by atoms with Crippen molar-refractivity contribution in [1.29, 1.82) is 0 Å². The maximum atomic E-state index is 12.1. The minimum Gasteiger partial charge on any atom is -0.278 e. The summed E-state index contributed by atoms with van der Waals surface area (Å²) in [5.41, 5.74) is 2.11. The molecule has 0 aliphatic heterocycles. The molecule has 1 heterocycles. The minimum absolute atomic E-state index is 0.0198. The van der Waals surface area contributed by atoms with E-state index >= 15 is 0 Å². The molecule has 0 bridgehead atoms. The summed E-state index contributed by atoms with van der Waals surface area (Å²) in [5, 5.41) is 8.06. The van der Waals surface area contributed by atoms with E-state index in [2.05, 4.69) is 14.9 Å². The Labute approximate surface area is 110 Å². The Kier molecular flexibility index (Phi) is 3.54. The van der Waals surface area contributed by atoms with Gasteiger partial charge in [0.1, 0.15) is 0 Å². The van der Waals surface area contributed by atoms with Crippen molar-refractivity contribution in [2.24, 2.45) is 0 Å². The van der Waals surface area contributed by atoms with Gasteiger partial charge in [0.15, 0.2) is 0 Å². The fourth-order valence-electron chi connectivity index (χ4n) is 1.77. The second-order valence-corrected chi connectivity index (χ2v) is 7.40. The first-order valence-corrected chi connectivity index (χ1v) is 7.14. The Morgan fingerprint density at radius 3 is 2.78 bits per heavy atom. The van der Waals surface area contributed by atoms with E-state index in [0.29, 0.717) is 0 Å². The standard InChI is InChI=1S/C13H19N3OS/c1-9(16-18(17)13(2,3)4)10-6-5-7-12-11(10)8-14-15-12/h5-9,16H,1-4H3,(H,14,15)/t9-,18?/m0/s1. The van der Waals surface area contributed by atoms with Crippen LogP contribution in [-0.4, -0.2) is 19.2 Å². The van der Waals surface area contributed by atoms with Crippen molar-refractivity contribution in [3.05, 3.63) is 30.0 Å². The zero-order chi connectivity index (χ0) is 13.3. The Morgan fingerprint density at radius 1 is 1.39 bits per heavy atom. The normalized spacial score (nSPS) is 15.8. The predicted molar refractivity (Wildman–Crippen MR) is 75.5 cm³/mol. The molecule has 18 heavy (non-hydrogen) atoms. The highest BCUT2D eigenvalue weighted by molar-refractivity contribution is 7.84. The molecule has 2 N–H and O–H groups in total. The highest BCUT2D eigenvalue weighted by Gasteiger charge is 2.22. The Bertz CT molecular complexity index is 571. The van der Waals surface area contributed by atoms with Crippen molar-refractivity contribution in [2.45, 2.75) is 38.5 Å². The van der Waals surface area contributed by atoms with Crippen molar-refractivity contribution in [2.75, 3.05) is 0 Å². The predicted octanol–water partition coefficient (Wildman–Crippen LogP) is 2.68. The summed E-state index contributed by atoms with van der Waals surface area (Å²) in [6.07, 6.45) is 1.81. The van der Waals surface area contributed by atoms with Gasteiger partial charge in [-0.2, -0.15) is 5.10 Å². The molecule has 0 saturated carbocycles. The topological polar surface area (TPSA) is 57.8 Å². The summed E-state index contributed by atoms with van der Waals surface area (Å²) in [6.45, 7) is 7.90. The molecular formula is C13H19N3OS. The van der Waals surface area contributed by atoms with E-state index in [1.165, 1.54) is 0 Å². The summed E-state index contributed by atoms with van der Waals surface area (Å²) in [4.78, 5) is 0. The number of aromatic nitrogens is 2. The van der Waals surface area contributed by atoms with Gasteiger partial charge in [0.2, 0.25) is 0 Å². The summed E-state index contributed by atoms with van der Waals surface area (Å²) < 4.78 is 15.0. The number of H-pyrrole nitrogens is 1. The van der Waals surface area contributed by atoms with E-state index in [9.17, 15) is 4.21 Å². The van der Waals surface area contributed by atoms with Crippen LogP contribution >= 0.6 is 0 Å². The van der Waals surface area contributed by atoms with Crippen LogP contribution in [0.1, 0.15) is 39.3 Å². The number of rotatable bonds is 3. The fourth-order valence-corrected chi connectivity index (χ4v) is 2.57. The van der Waals surface area contributed by atoms with Gasteiger partial charge in [-0.1, -0.05) is 12.1 Å². The van der Waals surface area contributed by atoms with Crippen molar-refractivity contribution >= 4 is 21.9 Å². The molecule has 1 aromatic heterocycles. The molecule has 0 aliphatic rings. The molecule has 4 nitrogen and oxygen atoms in total. The second-order valence-electron chi connectivity index (χ2n) is 5.40. The van der Waals surface area contributed by atoms with Gasteiger partial charge in [-0.25, -0.2) is 8.93 Å². The Balaban J connectivity index is 2.26. The summed E-state index contributed by atoms with van der Waals surface area (Å²) >= 11 is 0. The highest BCUT2D eigenvalue weighted by atomic mass is 32.2. The fraction of sp³-hybridized carbons (Fsp3) is 0.462. The van der Waals surface area contributed by atoms with E-state index < -0.39 is 11.0 Å². The average Bonchev–Trinajstić information content (AvgIpc) is 2.74. The quantitative estimate of drug-likeness (QED) is 0.896. The molecule has 0 amide bonds. The van der Waals surface area contributed by atoms with Gasteiger partial charge in [-0.15, -0.1) is 0 Å². The van der Waals surface area contributed by atoms with Crippen LogP contribution in [-0.2, 0) is 11.0 Å². The monoisotopic (exact) mass is 265 g/mol. The van der Waals surface area contributed by atoms with Crippen LogP contribution in [0.25, 0.3) is 10.9 Å². The third-order valence-corrected chi connectivity index (χ3v) is 4.51. The molecule has 98 valence electrons. The number of hydrogen-bond acceptors (Lipinski definition) is 2. The molecule has 0 spiro atoms. The number of nitrogens with zero attached hydrogens (tertiary/aromatic N) is 1. The lowest BCUT2D eigenvalue weighted by Crippen LogP contribution is -2.34. The van der Waals surface area contributed by atoms with Crippen molar-refractivity contribution in [3.63, 3.8) is 0 Å². The first kappa shape index (κ1) is 13.2. The van der Waals surface area contributed by atoms with Crippen molar-refractivity contribution in [3.8, 4) is 0 Å². The zero-order valence-electron chi connectivity index (χ0n) is 11.2. The maximum absolute atomic E-state index is 12.1. The van der Waals surface area contributed by atoms with Crippen LogP contribution in [0, 0.1) is 0 Å². The largest absolute Gasteiger partial charge is 0.278 e. The molecule has 2 atom stereocenters. The molecule has 0 saturated heterocycles. The molecular weight excluding hydrogens is 246 g/mol. The van der Waals surface area contributed by atoms with Crippen LogP contribution < -0.4 is 4.72 Å². The number of nitrogens with one attached hydrogen (secondary N) is 2. The van der Waals surface area contributed by atoms with E-state index in [4.69, 9.17) is 0 Å². The van der Waals surface area contributed by atoms with Gasteiger partial charge < -0.3 is 0 Å². The summed E-state index contributed by atoms with van der Waals surface area (Å²) in [6, 6.07) is 6.02. The number of hydrogen-bond donors (Lipinski definition) is 2. The van der Waals surface area contributed by atoms with Gasteiger partial charge in [-0.3, -0.25) is 5.10 Å². The highest BCUT2D eigenvalue weighted by Crippen LogP contribution is 2.23. The lowest BCUT2D eigenvalue weighted by Gasteiger charge is -2.22. The third kappa shape index (κ3) is 2.62. The lowest BCUT2D eigenvalue weighted by atomic mass is 10.1. The number of aromatic amines is 1. The summed E-state index contributed by atoms with van der Waals surface area (Å²) in [5.74, 6) is 0. The third-order valence-electron chi connectivity index (χ3n) is 2.83. The van der Waals surface area contributed by atoms with Gasteiger partial charge in [-0.05, 0) is 39.3 Å². The molecule has 1 unspecified atom stereocenters. The van der Waals surface area contributed by atoms with Crippen LogP contribution in [0.5, 0.6) is 0 Å². The molecule has 0 radical (unpaired) electrons. The maximum Gasteiger partial charge on any atom is 0.0975 e. The first-order chi connectivity index (χ1) is 8.39. The minimum atomic E-state index is -1.08. The SMILES string of the molecule is C[C@H](NS(=O)C(C)(C)C)c1cccc2[nH]ncc12. The van der Waals surface area contributed by atoms with Gasteiger partial charge >= 0.3 is 0 Å². The number of fused-ring (bicyclic) bond motifs is 1. The summed E-state index contributed by atoms with van der Waals surface area (Å²) in [7, 11) is -1.08. The average molecular weight is 265 g/mol. The molecule has 0 fully saturated rings. The molecule has 1 aromatic carbocycles. The molecule has 0 aliphatic carbocycles. The van der Waals surface area contributed by atoms with E-state index in [1.807, 2.05) is 52.1 Å². The molecule has 5 heteroatoms. The van der Waals surface area contributed by atoms with Crippen molar-refractivity contribution < 1.29 is 4.21 Å². The zero-order valence-corrected chi connectivity index (χ0v) is 12.0. The van der Waals surface area contributed by atoms with Crippen LogP contribution in [0.3, 0.4) is 0 Å². The molecule has 2 rings (SSSR count). The smallest absolute Gasteiger partial charge is 0.0975 e. The van der Waals surface area contributed by atoms with Crippen LogP contribution in [0.15, 0.2) is 24.4 Å². The van der Waals surface area contributed by atoms with Crippen LogP contribution in [0.2, 0.25) is 0 Å². The van der Waals surface area contributed by atoms with Crippen LogP contribution in [0.4, 0.5) is 0 Å². The van der Waals surface area contributed by atoms with Gasteiger partial charge in [0, 0.05) is 11.4 Å². The number of benzene rings is 1. The Morgan fingerprint density at radius 2 is 2.11 bits per heavy atom. The van der Waals surface area contributed by atoms with Gasteiger partial charge in [0.25, 0.3) is 0 Å². The van der Waals surface area contributed by atoms with E-state index in [1.54, 1.807) is 0 Å².